The average molecular weight is 400 g/mol. The van der Waals surface area contributed by atoms with Gasteiger partial charge in [0.15, 0.2) is 6.61 Å². The third-order valence-electron chi connectivity index (χ3n) is 4.72. The fourth-order valence-electron chi connectivity index (χ4n) is 3.01. The number of carbonyl (C=O) groups is 2. The summed E-state index contributed by atoms with van der Waals surface area (Å²) in [4.78, 5) is 24.2. The molecule has 3 aromatic rings. The van der Waals surface area contributed by atoms with Gasteiger partial charge >= 0.3 is 5.97 Å². The Morgan fingerprint density at radius 2 is 1.89 bits per heavy atom. The number of fused-ring (bicyclic) bond motifs is 1. The van der Waals surface area contributed by atoms with Gasteiger partial charge in [0.05, 0.1) is 18.7 Å². The Labute approximate surface area is 168 Å². The molecule has 0 saturated heterocycles. The molecule has 0 bridgehead atoms. The first-order chi connectivity index (χ1) is 13.3. The van der Waals surface area contributed by atoms with Crippen LogP contribution in [0.25, 0.3) is 11.0 Å². The van der Waals surface area contributed by atoms with E-state index >= 15 is 0 Å². The lowest BCUT2D eigenvalue weighted by Crippen LogP contribution is -2.31. The van der Waals surface area contributed by atoms with Crippen LogP contribution in [-0.4, -0.2) is 18.5 Å². The Morgan fingerprint density at radius 3 is 2.64 bits per heavy atom. The van der Waals surface area contributed by atoms with E-state index in [2.05, 4.69) is 5.32 Å². The Bertz CT molecular complexity index is 1020. The minimum Gasteiger partial charge on any atom is -0.464 e. The molecule has 1 N–H and O–H groups in total. The van der Waals surface area contributed by atoms with Gasteiger partial charge in [-0.2, -0.15) is 0 Å². The van der Waals surface area contributed by atoms with Crippen LogP contribution in [0.3, 0.4) is 0 Å². The van der Waals surface area contributed by atoms with E-state index < -0.39 is 5.97 Å². The first-order valence-electron chi connectivity index (χ1n) is 9.02. The number of nitrogens with one attached hydrogen (secondary N) is 1. The highest BCUT2D eigenvalue weighted by molar-refractivity contribution is 6.31. The highest BCUT2D eigenvalue weighted by atomic mass is 35.5. The highest BCUT2D eigenvalue weighted by Crippen LogP contribution is 2.25. The summed E-state index contributed by atoms with van der Waals surface area (Å²) in [6.45, 7) is 5.49. The summed E-state index contributed by atoms with van der Waals surface area (Å²) in [6, 6.07) is 10.9. The van der Waals surface area contributed by atoms with Crippen molar-refractivity contribution in [2.24, 2.45) is 0 Å². The summed E-state index contributed by atoms with van der Waals surface area (Å²) in [5, 5.41) is 4.24. The second-order valence-electron chi connectivity index (χ2n) is 6.84. The maximum absolute atomic E-state index is 12.2. The molecule has 146 valence electrons. The van der Waals surface area contributed by atoms with Crippen molar-refractivity contribution in [2.45, 2.75) is 33.2 Å². The predicted octanol–water partition coefficient (Wildman–Crippen LogP) is 4.67. The molecule has 1 amide bonds. The number of rotatable bonds is 6. The summed E-state index contributed by atoms with van der Waals surface area (Å²) in [7, 11) is 0. The van der Waals surface area contributed by atoms with E-state index in [1.807, 2.05) is 51.1 Å². The lowest BCUT2D eigenvalue weighted by Gasteiger charge is -2.15. The van der Waals surface area contributed by atoms with Gasteiger partial charge in [0.1, 0.15) is 5.58 Å². The van der Waals surface area contributed by atoms with Gasteiger partial charge in [0.2, 0.25) is 0 Å². The smallest absolute Gasteiger partial charge is 0.310 e. The number of halogens is 1. The van der Waals surface area contributed by atoms with Gasteiger partial charge in [-0.25, -0.2) is 0 Å². The van der Waals surface area contributed by atoms with Gasteiger partial charge in [0.25, 0.3) is 5.91 Å². The Morgan fingerprint density at radius 1 is 1.18 bits per heavy atom. The number of benzene rings is 2. The van der Waals surface area contributed by atoms with Crippen molar-refractivity contribution >= 4 is 34.4 Å². The predicted molar refractivity (Wildman–Crippen MR) is 108 cm³/mol. The van der Waals surface area contributed by atoms with Crippen LogP contribution in [0.2, 0.25) is 5.02 Å². The van der Waals surface area contributed by atoms with E-state index in [4.69, 9.17) is 20.8 Å². The third kappa shape index (κ3) is 4.54. The third-order valence-corrected chi connectivity index (χ3v) is 5.06. The summed E-state index contributed by atoms with van der Waals surface area (Å²) in [6.07, 6.45) is 1.60. The molecule has 5 nitrogen and oxygen atoms in total. The molecule has 0 aliphatic rings. The van der Waals surface area contributed by atoms with E-state index in [9.17, 15) is 9.59 Å². The lowest BCUT2D eigenvalue weighted by molar-refractivity contribution is -0.148. The van der Waals surface area contributed by atoms with Gasteiger partial charge in [-0.15, -0.1) is 0 Å². The number of furan rings is 1. The quantitative estimate of drug-likeness (QED) is 0.612. The average Bonchev–Trinajstić information content (AvgIpc) is 3.02. The maximum atomic E-state index is 12.2. The van der Waals surface area contributed by atoms with Crippen LogP contribution in [-0.2, 0) is 20.7 Å². The van der Waals surface area contributed by atoms with Crippen molar-refractivity contribution in [3.8, 4) is 0 Å². The van der Waals surface area contributed by atoms with Crippen molar-refractivity contribution in [2.75, 3.05) is 6.61 Å². The van der Waals surface area contributed by atoms with Crippen LogP contribution in [0.4, 0.5) is 0 Å². The zero-order valence-electron chi connectivity index (χ0n) is 16.0. The topological polar surface area (TPSA) is 68.5 Å². The van der Waals surface area contributed by atoms with E-state index in [0.29, 0.717) is 5.02 Å². The van der Waals surface area contributed by atoms with Crippen LogP contribution in [0, 0.1) is 13.8 Å². The van der Waals surface area contributed by atoms with E-state index in [-0.39, 0.29) is 25.0 Å². The van der Waals surface area contributed by atoms with Crippen molar-refractivity contribution < 1.29 is 18.7 Å². The number of amides is 1. The fourth-order valence-corrected chi connectivity index (χ4v) is 3.31. The fraction of sp³-hybridized carbons (Fsp3) is 0.273. The molecule has 0 saturated carbocycles. The molecule has 0 aliphatic heterocycles. The number of hydrogen-bond acceptors (Lipinski definition) is 4. The second kappa shape index (κ2) is 8.48. The first-order valence-corrected chi connectivity index (χ1v) is 9.39. The molecule has 0 radical (unpaired) electrons. The molecular formula is C22H22ClNO4. The molecule has 1 heterocycles. The molecule has 28 heavy (non-hydrogen) atoms. The molecule has 1 atom stereocenters. The maximum Gasteiger partial charge on any atom is 0.310 e. The standard InChI is InChI=1S/C22H22ClNO4/c1-13-8-18-16(11-27-20(18)9-14(13)2)10-22(26)28-12-21(25)24-15(3)17-6-4-5-7-19(17)23/h4-9,11,15H,10,12H2,1-3H3,(H,24,25)/t15-/m1/s1. The zero-order chi connectivity index (χ0) is 20.3. The van der Waals surface area contributed by atoms with Crippen LogP contribution in [0.15, 0.2) is 47.1 Å². The second-order valence-corrected chi connectivity index (χ2v) is 7.25. The van der Waals surface area contributed by atoms with Gasteiger partial charge in [-0.3, -0.25) is 9.59 Å². The molecule has 0 aliphatic carbocycles. The summed E-state index contributed by atoms with van der Waals surface area (Å²) < 4.78 is 10.6. The van der Waals surface area contributed by atoms with Crippen molar-refractivity contribution in [3.63, 3.8) is 0 Å². The Kier molecular flexibility index (Phi) is 6.05. The normalized spacial score (nSPS) is 12.0. The van der Waals surface area contributed by atoms with Gasteiger partial charge in [0, 0.05) is 16.0 Å². The summed E-state index contributed by atoms with van der Waals surface area (Å²) in [5.41, 5.74) is 4.53. The van der Waals surface area contributed by atoms with Gasteiger partial charge in [-0.1, -0.05) is 29.8 Å². The van der Waals surface area contributed by atoms with Crippen LogP contribution >= 0.6 is 11.6 Å². The lowest BCUT2D eigenvalue weighted by atomic mass is 10.0. The van der Waals surface area contributed by atoms with Crippen molar-refractivity contribution in [1.29, 1.82) is 0 Å². The Hall–Kier alpha value is -2.79. The minimum absolute atomic E-state index is 0.0445. The number of hydrogen-bond donors (Lipinski definition) is 1. The van der Waals surface area contributed by atoms with Crippen LogP contribution in [0.1, 0.15) is 35.2 Å². The zero-order valence-corrected chi connectivity index (χ0v) is 16.8. The van der Waals surface area contributed by atoms with Crippen molar-refractivity contribution in [1.82, 2.24) is 5.32 Å². The van der Waals surface area contributed by atoms with Crippen LogP contribution < -0.4 is 5.32 Å². The summed E-state index contributed by atoms with van der Waals surface area (Å²) in [5.74, 6) is -0.870. The molecular weight excluding hydrogens is 378 g/mol. The van der Waals surface area contributed by atoms with Crippen LogP contribution in [0.5, 0.6) is 0 Å². The highest BCUT2D eigenvalue weighted by Gasteiger charge is 2.16. The Balaban J connectivity index is 1.55. The van der Waals surface area contributed by atoms with Gasteiger partial charge < -0.3 is 14.5 Å². The SMILES string of the molecule is Cc1cc2occ(CC(=O)OCC(=O)N[C@H](C)c3ccccc3Cl)c2cc1C. The van der Waals surface area contributed by atoms with E-state index in [0.717, 1.165) is 33.2 Å². The van der Waals surface area contributed by atoms with Crippen molar-refractivity contribution in [3.05, 3.63) is 69.9 Å². The monoisotopic (exact) mass is 399 g/mol. The molecule has 6 heteroatoms. The first kappa shape index (κ1) is 20.0. The summed E-state index contributed by atoms with van der Waals surface area (Å²) >= 11 is 6.13. The number of carbonyl (C=O) groups excluding carboxylic acids is 2. The number of aryl methyl sites for hydroxylation is 2. The largest absolute Gasteiger partial charge is 0.464 e. The number of esters is 1. The molecule has 1 aromatic heterocycles. The molecule has 3 rings (SSSR count). The molecule has 0 fully saturated rings. The number of ether oxygens (including phenoxy) is 1. The molecule has 0 spiro atoms. The van der Waals surface area contributed by atoms with E-state index in [1.54, 1.807) is 12.3 Å². The van der Waals surface area contributed by atoms with E-state index in [1.165, 1.54) is 0 Å². The minimum atomic E-state index is -0.485. The molecule has 0 unspecified atom stereocenters. The van der Waals surface area contributed by atoms with Gasteiger partial charge in [-0.05, 0) is 55.7 Å². The molecule has 2 aromatic carbocycles.